The van der Waals surface area contributed by atoms with E-state index in [-0.39, 0.29) is 31.8 Å². The van der Waals surface area contributed by atoms with Gasteiger partial charge in [-0.3, -0.25) is 29.2 Å². The smallest absolute Gasteiger partial charge is 0.317 e. The highest BCUT2D eigenvalue weighted by Crippen LogP contribution is 2.28. The number of aromatic nitrogens is 1. The van der Waals surface area contributed by atoms with Crippen LogP contribution in [0.15, 0.2) is 18.3 Å². The SMILES string of the molecule is O=C(O)CN(CC(=O)O)[C@@H]1CCCC[C@H]1N(CC(=O)O)Cc1ccc(CO)cn1. The number of aliphatic hydroxyl groups excluding tert-OH is 1. The van der Waals surface area contributed by atoms with Gasteiger partial charge in [0, 0.05) is 24.8 Å². The fraction of sp³-hybridized carbons (Fsp3) is 0.579. The van der Waals surface area contributed by atoms with Gasteiger partial charge in [-0.15, -0.1) is 0 Å². The summed E-state index contributed by atoms with van der Waals surface area (Å²) in [5.41, 5.74) is 1.26. The first-order valence-corrected chi connectivity index (χ1v) is 9.48. The minimum absolute atomic E-state index is 0.143. The van der Waals surface area contributed by atoms with Crippen molar-refractivity contribution in [3.05, 3.63) is 29.6 Å². The van der Waals surface area contributed by atoms with Crippen LogP contribution in [0.4, 0.5) is 0 Å². The van der Waals surface area contributed by atoms with E-state index in [2.05, 4.69) is 4.98 Å². The molecular formula is C19H27N3O7. The molecule has 1 aliphatic rings. The molecule has 4 N–H and O–H groups in total. The predicted molar refractivity (Wildman–Crippen MR) is 101 cm³/mol. The number of carboxylic acids is 3. The summed E-state index contributed by atoms with van der Waals surface area (Å²) >= 11 is 0. The Labute approximate surface area is 168 Å². The van der Waals surface area contributed by atoms with Gasteiger partial charge in [0.25, 0.3) is 0 Å². The van der Waals surface area contributed by atoms with Gasteiger partial charge in [-0.1, -0.05) is 18.9 Å². The van der Waals surface area contributed by atoms with Gasteiger partial charge in [0.2, 0.25) is 0 Å². The first kappa shape index (κ1) is 22.7. The van der Waals surface area contributed by atoms with Crippen LogP contribution in [0, 0.1) is 0 Å². The third kappa shape index (κ3) is 7.08. The molecule has 0 bridgehead atoms. The van der Waals surface area contributed by atoms with Crippen molar-refractivity contribution in [1.82, 2.24) is 14.8 Å². The second-order valence-electron chi connectivity index (χ2n) is 7.23. The Balaban J connectivity index is 2.27. The van der Waals surface area contributed by atoms with Crippen LogP contribution in [0.1, 0.15) is 36.9 Å². The average Bonchev–Trinajstić information content (AvgIpc) is 2.66. The molecule has 1 saturated carbocycles. The lowest BCUT2D eigenvalue weighted by molar-refractivity contribution is -0.146. The van der Waals surface area contributed by atoms with Crippen molar-refractivity contribution in [3.8, 4) is 0 Å². The Morgan fingerprint density at radius 1 is 0.897 bits per heavy atom. The van der Waals surface area contributed by atoms with Crippen molar-refractivity contribution in [2.24, 2.45) is 0 Å². The first-order valence-electron chi connectivity index (χ1n) is 9.48. The quantitative estimate of drug-likeness (QED) is 0.400. The van der Waals surface area contributed by atoms with Crippen molar-refractivity contribution < 1.29 is 34.8 Å². The van der Waals surface area contributed by atoms with E-state index >= 15 is 0 Å². The summed E-state index contributed by atoms with van der Waals surface area (Å²) in [7, 11) is 0. The molecule has 1 fully saturated rings. The summed E-state index contributed by atoms with van der Waals surface area (Å²) in [6.07, 6.45) is 4.43. The lowest BCUT2D eigenvalue weighted by atomic mass is 9.87. The van der Waals surface area contributed by atoms with Crippen LogP contribution in [0.25, 0.3) is 0 Å². The minimum atomic E-state index is -1.12. The van der Waals surface area contributed by atoms with Gasteiger partial charge in [-0.05, 0) is 24.5 Å². The number of nitrogens with zero attached hydrogens (tertiary/aromatic N) is 3. The number of rotatable bonds is 11. The van der Waals surface area contributed by atoms with E-state index in [0.717, 1.165) is 12.8 Å². The Morgan fingerprint density at radius 3 is 1.86 bits per heavy atom. The van der Waals surface area contributed by atoms with Crippen LogP contribution >= 0.6 is 0 Å². The molecule has 2 atom stereocenters. The molecular weight excluding hydrogens is 382 g/mol. The predicted octanol–water partition coefficient (Wildman–Crippen LogP) is 0.243. The second-order valence-corrected chi connectivity index (χ2v) is 7.23. The molecule has 29 heavy (non-hydrogen) atoms. The van der Waals surface area contributed by atoms with Crippen LogP contribution in [-0.4, -0.2) is 84.8 Å². The number of aliphatic hydroxyl groups is 1. The summed E-state index contributed by atoms with van der Waals surface area (Å²) < 4.78 is 0. The van der Waals surface area contributed by atoms with Crippen molar-refractivity contribution in [2.75, 3.05) is 19.6 Å². The van der Waals surface area contributed by atoms with Crippen molar-refractivity contribution >= 4 is 17.9 Å². The van der Waals surface area contributed by atoms with Crippen molar-refractivity contribution in [2.45, 2.75) is 50.9 Å². The molecule has 0 aromatic carbocycles. The number of carboxylic acid groups (broad SMARTS) is 3. The maximum atomic E-state index is 11.5. The van der Waals surface area contributed by atoms with Gasteiger partial charge in [-0.2, -0.15) is 0 Å². The molecule has 160 valence electrons. The number of aliphatic carboxylic acids is 3. The standard InChI is InChI=1S/C19H27N3O7/c23-12-13-5-6-14(20-7-13)8-21(9-17(24)25)15-3-1-2-4-16(15)22(10-18(26)27)11-19(28)29/h5-7,15-16,23H,1-4,8-12H2,(H,24,25)(H,26,27)(H,28,29)/t15-,16-/m1/s1. The van der Waals surface area contributed by atoms with Crippen LogP contribution in [0.5, 0.6) is 0 Å². The fourth-order valence-corrected chi connectivity index (χ4v) is 3.90. The molecule has 0 amide bonds. The van der Waals surface area contributed by atoms with Crippen LogP contribution in [0.3, 0.4) is 0 Å². The monoisotopic (exact) mass is 409 g/mol. The summed E-state index contributed by atoms with van der Waals surface area (Å²) in [6, 6.07) is 2.73. The van der Waals surface area contributed by atoms with Gasteiger partial charge in [0.1, 0.15) is 0 Å². The zero-order valence-electron chi connectivity index (χ0n) is 16.1. The van der Waals surface area contributed by atoms with E-state index in [9.17, 15) is 29.7 Å². The Kier molecular flexibility index (Phi) is 8.50. The van der Waals surface area contributed by atoms with E-state index in [4.69, 9.17) is 5.11 Å². The Hall–Kier alpha value is -2.56. The molecule has 1 heterocycles. The molecule has 1 aromatic heterocycles. The zero-order valence-corrected chi connectivity index (χ0v) is 16.1. The van der Waals surface area contributed by atoms with Crippen LogP contribution in [-0.2, 0) is 27.5 Å². The molecule has 10 heteroatoms. The fourth-order valence-electron chi connectivity index (χ4n) is 3.90. The number of hydrogen-bond donors (Lipinski definition) is 4. The molecule has 1 aromatic rings. The lowest BCUT2D eigenvalue weighted by Gasteiger charge is -2.43. The number of carbonyl (C=O) groups is 3. The minimum Gasteiger partial charge on any atom is -0.480 e. The summed E-state index contributed by atoms with van der Waals surface area (Å²) in [6.45, 7) is -1.02. The maximum absolute atomic E-state index is 11.5. The van der Waals surface area contributed by atoms with E-state index in [1.54, 1.807) is 17.0 Å². The third-order valence-electron chi connectivity index (χ3n) is 5.08. The van der Waals surface area contributed by atoms with Gasteiger partial charge >= 0.3 is 17.9 Å². The topological polar surface area (TPSA) is 152 Å². The maximum Gasteiger partial charge on any atom is 0.317 e. The summed E-state index contributed by atoms with van der Waals surface area (Å²) in [4.78, 5) is 41.4. The summed E-state index contributed by atoms with van der Waals surface area (Å²) in [5.74, 6) is -3.27. The number of hydrogen-bond acceptors (Lipinski definition) is 7. The van der Waals surface area contributed by atoms with Gasteiger partial charge in [-0.25, -0.2) is 0 Å². The highest BCUT2D eigenvalue weighted by molar-refractivity contribution is 5.72. The zero-order chi connectivity index (χ0) is 21.4. The van der Waals surface area contributed by atoms with Gasteiger partial charge < -0.3 is 20.4 Å². The number of pyridine rings is 1. The normalized spacial score (nSPS) is 19.4. The lowest BCUT2D eigenvalue weighted by Crippen LogP contribution is -2.56. The van der Waals surface area contributed by atoms with E-state index in [1.807, 2.05) is 0 Å². The molecule has 2 rings (SSSR count). The molecule has 0 unspecified atom stereocenters. The van der Waals surface area contributed by atoms with Gasteiger partial charge in [0.05, 0.1) is 31.9 Å². The van der Waals surface area contributed by atoms with Gasteiger partial charge in [0.15, 0.2) is 0 Å². The van der Waals surface area contributed by atoms with E-state index in [1.165, 1.54) is 11.1 Å². The second kappa shape index (κ2) is 10.8. The summed E-state index contributed by atoms with van der Waals surface area (Å²) in [5, 5.41) is 37.0. The molecule has 1 aliphatic carbocycles. The van der Waals surface area contributed by atoms with Crippen molar-refractivity contribution in [1.29, 1.82) is 0 Å². The molecule has 10 nitrogen and oxygen atoms in total. The highest BCUT2D eigenvalue weighted by Gasteiger charge is 2.36. The van der Waals surface area contributed by atoms with E-state index in [0.29, 0.717) is 24.1 Å². The molecule has 0 spiro atoms. The average molecular weight is 409 g/mol. The Morgan fingerprint density at radius 2 is 1.41 bits per heavy atom. The Bertz CT molecular complexity index is 694. The van der Waals surface area contributed by atoms with Crippen LogP contribution in [0.2, 0.25) is 0 Å². The van der Waals surface area contributed by atoms with E-state index < -0.39 is 31.0 Å². The highest BCUT2D eigenvalue weighted by atomic mass is 16.4. The molecule has 0 aliphatic heterocycles. The largest absolute Gasteiger partial charge is 0.480 e. The van der Waals surface area contributed by atoms with Crippen molar-refractivity contribution in [3.63, 3.8) is 0 Å². The van der Waals surface area contributed by atoms with Crippen LogP contribution < -0.4 is 0 Å². The first-order chi connectivity index (χ1) is 13.8. The molecule has 0 saturated heterocycles. The third-order valence-corrected chi connectivity index (χ3v) is 5.08. The molecule has 0 radical (unpaired) electrons.